The van der Waals surface area contributed by atoms with E-state index in [1.807, 2.05) is 37.3 Å². The zero-order chi connectivity index (χ0) is 18.9. The van der Waals surface area contributed by atoms with Crippen molar-refractivity contribution >= 4 is 23.4 Å². The maximum atomic E-state index is 13.2. The molecule has 0 aliphatic heterocycles. The molecule has 0 N–H and O–H groups in total. The summed E-state index contributed by atoms with van der Waals surface area (Å²) in [6.07, 6.45) is 2.80. The average Bonchev–Trinajstić information content (AvgIpc) is 2.66. The summed E-state index contributed by atoms with van der Waals surface area (Å²) in [5.74, 6) is -1.96. The molecule has 0 saturated carbocycles. The van der Waals surface area contributed by atoms with Gasteiger partial charge in [-0.3, -0.25) is 9.59 Å². The van der Waals surface area contributed by atoms with Gasteiger partial charge in [0.15, 0.2) is 5.78 Å². The van der Waals surface area contributed by atoms with Crippen molar-refractivity contribution in [2.75, 3.05) is 6.61 Å². The molecule has 0 radical (unpaired) electrons. The van der Waals surface area contributed by atoms with E-state index >= 15 is 0 Å². The second kappa shape index (κ2) is 9.66. The summed E-state index contributed by atoms with van der Waals surface area (Å²) in [5, 5.41) is 0. The van der Waals surface area contributed by atoms with E-state index in [9.17, 15) is 14.0 Å². The van der Waals surface area contributed by atoms with Gasteiger partial charge in [-0.05, 0) is 42.7 Å². The first-order valence-electron chi connectivity index (χ1n) is 8.80. The molecule has 0 bridgehead atoms. The molecule has 3 nitrogen and oxygen atoms in total. The number of allylic oxidation sites excluding steroid dienone is 1. The van der Waals surface area contributed by atoms with Crippen LogP contribution in [0.1, 0.15) is 37.8 Å². The Morgan fingerprint density at radius 3 is 2.27 bits per heavy atom. The number of benzene rings is 2. The van der Waals surface area contributed by atoms with Gasteiger partial charge in [0.2, 0.25) is 0 Å². The van der Waals surface area contributed by atoms with Crippen LogP contribution in [0.25, 0.3) is 11.6 Å². The van der Waals surface area contributed by atoms with Crippen LogP contribution >= 0.6 is 0 Å². The Hall–Kier alpha value is -2.75. The highest BCUT2D eigenvalue weighted by Crippen LogP contribution is 2.25. The molecule has 0 spiro atoms. The van der Waals surface area contributed by atoms with Crippen molar-refractivity contribution in [1.82, 2.24) is 0 Å². The third-order valence-corrected chi connectivity index (χ3v) is 4.00. The summed E-state index contributed by atoms with van der Waals surface area (Å²) >= 11 is 0. The van der Waals surface area contributed by atoms with Crippen molar-refractivity contribution in [3.63, 3.8) is 0 Å². The molecule has 4 heteroatoms. The molecular weight excluding hydrogens is 331 g/mol. The number of halogens is 1. The lowest BCUT2D eigenvalue weighted by molar-refractivity contribution is -0.150. The van der Waals surface area contributed by atoms with Crippen LogP contribution in [-0.4, -0.2) is 18.4 Å². The largest absolute Gasteiger partial charge is 0.465 e. The first kappa shape index (κ1) is 19.6. The third-order valence-electron chi connectivity index (χ3n) is 4.00. The van der Waals surface area contributed by atoms with Crippen LogP contribution < -0.4 is 0 Å². The number of rotatable bonds is 8. The number of hydrogen-bond acceptors (Lipinski definition) is 3. The molecule has 0 fully saturated rings. The summed E-state index contributed by atoms with van der Waals surface area (Å²) in [6, 6.07) is 15.1. The Morgan fingerprint density at radius 1 is 1.04 bits per heavy atom. The van der Waals surface area contributed by atoms with Crippen LogP contribution in [0, 0.1) is 11.7 Å². The van der Waals surface area contributed by atoms with Crippen LogP contribution in [0.3, 0.4) is 0 Å². The molecule has 1 unspecified atom stereocenters. The zero-order valence-corrected chi connectivity index (χ0v) is 15.1. The van der Waals surface area contributed by atoms with Gasteiger partial charge >= 0.3 is 5.97 Å². The van der Waals surface area contributed by atoms with Crippen LogP contribution in [0.5, 0.6) is 0 Å². The van der Waals surface area contributed by atoms with Gasteiger partial charge in [-0.25, -0.2) is 4.39 Å². The van der Waals surface area contributed by atoms with Gasteiger partial charge in [0.1, 0.15) is 11.7 Å². The van der Waals surface area contributed by atoms with Gasteiger partial charge in [-0.15, -0.1) is 0 Å². The standard InChI is InChI=1S/C22H23FO3/c1-3-8-19(22(25)26-4-2)21(24)20(17-9-6-5-7-10-17)15-16-11-13-18(23)14-12-16/h5-7,9-15,19H,3-4,8H2,1-2H3/b20-15+. The summed E-state index contributed by atoms with van der Waals surface area (Å²) in [5.41, 5.74) is 1.83. The maximum absolute atomic E-state index is 13.2. The van der Waals surface area contributed by atoms with Crippen molar-refractivity contribution in [3.8, 4) is 0 Å². The van der Waals surface area contributed by atoms with E-state index in [0.717, 1.165) is 0 Å². The highest BCUT2D eigenvalue weighted by Gasteiger charge is 2.30. The molecule has 0 aliphatic carbocycles. The second-order valence-electron chi connectivity index (χ2n) is 5.93. The van der Waals surface area contributed by atoms with Crippen LogP contribution in [0.4, 0.5) is 4.39 Å². The average molecular weight is 354 g/mol. The van der Waals surface area contributed by atoms with E-state index in [1.165, 1.54) is 12.1 Å². The second-order valence-corrected chi connectivity index (χ2v) is 5.93. The number of carbonyl (C=O) groups excluding carboxylic acids is 2. The Balaban J connectivity index is 2.46. The number of ketones is 1. The molecule has 2 rings (SSSR count). The maximum Gasteiger partial charge on any atom is 0.316 e. The molecule has 0 heterocycles. The first-order valence-corrected chi connectivity index (χ1v) is 8.80. The topological polar surface area (TPSA) is 43.4 Å². The van der Waals surface area contributed by atoms with Crippen molar-refractivity contribution < 1.29 is 18.7 Å². The van der Waals surface area contributed by atoms with E-state index in [0.29, 0.717) is 29.5 Å². The van der Waals surface area contributed by atoms with E-state index in [1.54, 1.807) is 25.1 Å². The number of carbonyl (C=O) groups is 2. The van der Waals surface area contributed by atoms with Crippen molar-refractivity contribution in [2.24, 2.45) is 5.92 Å². The third kappa shape index (κ3) is 5.12. The van der Waals surface area contributed by atoms with Crippen LogP contribution in [0.15, 0.2) is 54.6 Å². The van der Waals surface area contributed by atoms with Gasteiger partial charge in [0, 0.05) is 5.57 Å². The van der Waals surface area contributed by atoms with E-state index < -0.39 is 11.9 Å². The van der Waals surface area contributed by atoms with Gasteiger partial charge in [-0.2, -0.15) is 0 Å². The van der Waals surface area contributed by atoms with E-state index in [2.05, 4.69) is 0 Å². The monoisotopic (exact) mass is 354 g/mol. The van der Waals surface area contributed by atoms with Gasteiger partial charge in [0.05, 0.1) is 6.61 Å². The molecule has 2 aromatic rings. The number of Topliss-reactive ketones (excluding diaryl/α,β-unsaturated/α-hetero) is 1. The van der Waals surface area contributed by atoms with Crippen molar-refractivity contribution in [3.05, 3.63) is 71.5 Å². The minimum Gasteiger partial charge on any atom is -0.465 e. The lowest BCUT2D eigenvalue weighted by Gasteiger charge is -2.16. The van der Waals surface area contributed by atoms with Gasteiger partial charge < -0.3 is 4.74 Å². The lowest BCUT2D eigenvalue weighted by Crippen LogP contribution is -2.27. The molecule has 1 atom stereocenters. The molecule has 0 aliphatic rings. The predicted octanol–water partition coefficient (Wildman–Crippen LogP) is 4.91. The Morgan fingerprint density at radius 2 is 1.69 bits per heavy atom. The molecule has 26 heavy (non-hydrogen) atoms. The summed E-state index contributed by atoms with van der Waals surface area (Å²) in [6.45, 7) is 3.87. The molecule has 0 saturated heterocycles. The fourth-order valence-corrected chi connectivity index (χ4v) is 2.72. The van der Waals surface area contributed by atoms with Crippen molar-refractivity contribution in [1.29, 1.82) is 0 Å². The minimum atomic E-state index is -0.841. The van der Waals surface area contributed by atoms with E-state index in [-0.39, 0.29) is 18.2 Å². The zero-order valence-electron chi connectivity index (χ0n) is 15.1. The predicted molar refractivity (Wildman–Crippen MR) is 101 cm³/mol. The summed E-state index contributed by atoms with van der Waals surface area (Å²) < 4.78 is 18.3. The molecule has 0 aromatic heterocycles. The minimum absolute atomic E-state index is 0.231. The quantitative estimate of drug-likeness (QED) is 0.293. The Kier molecular flexibility index (Phi) is 7.27. The number of hydrogen-bond donors (Lipinski definition) is 0. The fraction of sp³-hybridized carbons (Fsp3) is 0.273. The molecular formula is C22H23FO3. The SMILES string of the molecule is CCCC(C(=O)OCC)C(=O)/C(=C/c1ccc(F)cc1)c1ccccc1. The lowest BCUT2D eigenvalue weighted by atomic mass is 9.88. The fourth-order valence-electron chi connectivity index (χ4n) is 2.72. The summed E-state index contributed by atoms with van der Waals surface area (Å²) in [4.78, 5) is 25.5. The summed E-state index contributed by atoms with van der Waals surface area (Å²) in [7, 11) is 0. The Bertz CT molecular complexity index is 764. The van der Waals surface area contributed by atoms with Crippen LogP contribution in [0.2, 0.25) is 0 Å². The van der Waals surface area contributed by atoms with Crippen molar-refractivity contribution in [2.45, 2.75) is 26.7 Å². The first-order chi connectivity index (χ1) is 12.6. The van der Waals surface area contributed by atoms with Gasteiger partial charge in [0.25, 0.3) is 0 Å². The molecule has 0 amide bonds. The van der Waals surface area contributed by atoms with Crippen LogP contribution in [-0.2, 0) is 14.3 Å². The number of esters is 1. The molecule has 136 valence electrons. The highest BCUT2D eigenvalue weighted by molar-refractivity contribution is 6.30. The normalized spacial score (nSPS) is 12.5. The highest BCUT2D eigenvalue weighted by atomic mass is 19.1. The molecule has 2 aromatic carbocycles. The Labute approximate surface area is 153 Å². The number of ether oxygens (including phenoxy) is 1. The van der Waals surface area contributed by atoms with E-state index in [4.69, 9.17) is 4.74 Å². The van der Waals surface area contributed by atoms with Gasteiger partial charge in [-0.1, -0.05) is 55.8 Å². The smallest absolute Gasteiger partial charge is 0.316 e.